The lowest BCUT2D eigenvalue weighted by molar-refractivity contribution is -0.151. The average Bonchev–Trinajstić information content (AvgIpc) is 3.09. The van der Waals surface area contributed by atoms with Crippen LogP contribution in [0.25, 0.3) is 11.1 Å². The molecule has 0 aliphatic carbocycles. The molecule has 1 atom stereocenters. The topological polar surface area (TPSA) is 140 Å². The highest BCUT2D eigenvalue weighted by molar-refractivity contribution is 6.07. The predicted octanol–water partition coefficient (Wildman–Crippen LogP) is -0.111. The number of hydrogen-bond acceptors (Lipinski definition) is 7. The third-order valence-electron chi connectivity index (χ3n) is 4.43. The van der Waals surface area contributed by atoms with E-state index in [0.717, 1.165) is 4.57 Å². The van der Waals surface area contributed by atoms with Crippen molar-refractivity contribution in [2.45, 2.75) is 32.4 Å². The van der Waals surface area contributed by atoms with Crippen molar-refractivity contribution in [2.24, 2.45) is 0 Å². The number of benzene rings is 1. The van der Waals surface area contributed by atoms with Gasteiger partial charge in [0.05, 0.1) is 5.52 Å². The van der Waals surface area contributed by atoms with Crippen LogP contribution in [-0.2, 0) is 25.7 Å². The predicted molar refractivity (Wildman–Crippen MR) is 93.6 cm³/mol. The molecule has 0 spiro atoms. The molecular formula is C17H18N4O7. The minimum Gasteiger partial charge on any atom is -0.454 e. The molecule has 0 bridgehead atoms. The number of fused-ring (bicyclic) bond motifs is 1. The number of urea groups is 1. The number of carbonyl (C=O) groups excluding carboxylic acids is 4. The van der Waals surface area contributed by atoms with E-state index >= 15 is 0 Å². The molecule has 2 aromatic rings. The van der Waals surface area contributed by atoms with Crippen molar-refractivity contribution in [2.75, 3.05) is 6.61 Å². The van der Waals surface area contributed by atoms with Crippen molar-refractivity contribution < 1.29 is 28.3 Å². The Bertz CT molecular complexity index is 1020. The number of hydrogen-bond donors (Lipinski definition) is 2. The maximum atomic E-state index is 12.2. The molecule has 0 radical (unpaired) electrons. The lowest BCUT2D eigenvalue weighted by atomic mass is 10.00. The summed E-state index contributed by atoms with van der Waals surface area (Å²) in [7, 11) is 0. The Labute approximate surface area is 158 Å². The Hall–Kier alpha value is -3.63. The average molecular weight is 390 g/mol. The third-order valence-corrected chi connectivity index (χ3v) is 4.43. The van der Waals surface area contributed by atoms with Crippen molar-refractivity contribution in [3.05, 3.63) is 34.8 Å². The maximum absolute atomic E-state index is 12.2. The number of aromatic nitrogens is 1. The number of imide groups is 1. The minimum atomic E-state index is -1.11. The van der Waals surface area contributed by atoms with Gasteiger partial charge in [-0.2, -0.15) is 5.01 Å². The Kier molecular flexibility index (Phi) is 4.91. The zero-order valence-corrected chi connectivity index (χ0v) is 15.2. The lowest BCUT2D eigenvalue weighted by Gasteiger charge is -2.19. The smallest absolute Gasteiger partial charge is 0.420 e. The molecule has 1 aromatic heterocycles. The number of para-hydroxylation sites is 2. The monoisotopic (exact) mass is 390 g/mol. The van der Waals surface area contributed by atoms with Crippen LogP contribution in [-0.4, -0.2) is 45.5 Å². The van der Waals surface area contributed by atoms with Gasteiger partial charge < -0.3 is 14.5 Å². The number of carbonyl (C=O) groups is 4. The Morgan fingerprint density at radius 1 is 1.25 bits per heavy atom. The van der Waals surface area contributed by atoms with Gasteiger partial charge in [-0.15, -0.1) is 0 Å². The van der Waals surface area contributed by atoms with E-state index in [9.17, 15) is 24.0 Å². The van der Waals surface area contributed by atoms with E-state index in [4.69, 9.17) is 9.15 Å². The van der Waals surface area contributed by atoms with Gasteiger partial charge >= 0.3 is 17.8 Å². The van der Waals surface area contributed by atoms with Gasteiger partial charge in [-0.05, 0) is 25.5 Å². The van der Waals surface area contributed by atoms with Crippen LogP contribution in [0.3, 0.4) is 0 Å². The van der Waals surface area contributed by atoms with E-state index in [2.05, 4.69) is 10.7 Å². The van der Waals surface area contributed by atoms with E-state index in [-0.39, 0.29) is 0 Å². The summed E-state index contributed by atoms with van der Waals surface area (Å²) in [6.45, 7) is 2.06. The van der Waals surface area contributed by atoms with E-state index in [0.29, 0.717) is 22.5 Å². The summed E-state index contributed by atoms with van der Waals surface area (Å²) < 4.78 is 10.9. The zero-order chi connectivity index (χ0) is 20.5. The number of hydrazine groups is 1. The van der Waals surface area contributed by atoms with Crippen LogP contribution in [0, 0.1) is 0 Å². The summed E-state index contributed by atoms with van der Waals surface area (Å²) in [4.78, 5) is 59.7. The fourth-order valence-electron chi connectivity index (χ4n) is 2.67. The van der Waals surface area contributed by atoms with Gasteiger partial charge in [0.15, 0.2) is 12.2 Å². The molecule has 28 heavy (non-hydrogen) atoms. The summed E-state index contributed by atoms with van der Waals surface area (Å²) in [6.07, 6.45) is 0.340. The van der Waals surface area contributed by atoms with Crippen molar-refractivity contribution in [3.63, 3.8) is 0 Å². The van der Waals surface area contributed by atoms with Gasteiger partial charge in [0, 0.05) is 0 Å². The summed E-state index contributed by atoms with van der Waals surface area (Å²) in [6, 6.07) is 5.76. The molecule has 2 heterocycles. The molecule has 1 saturated heterocycles. The number of rotatable bonds is 6. The number of ether oxygens (including phenoxy) is 1. The number of nitrogens with one attached hydrogen (secondary N) is 2. The normalized spacial score (nSPS) is 19.0. The minimum absolute atomic E-state index is 0.315. The van der Waals surface area contributed by atoms with Gasteiger partial charge in [-0.3, -0.25) is 24.4 Å². The number of oxazole rings is 1. The van der Waals surface area contributed by atoms with Crippen LogP contribution in [0.15, 0.2) is 33.5 Å². The van der Waals surface area contributed by atoms with Crippen molar-refractivity contribution in [1.29, 1.82) is 0 Å². The third kappa shape index (κ3) is 3.46. The van der Waals surface area contributed by atoms with E-state index in [1.165, 1.54) is 6.92 Å². The van der Waals surface area contributed by atoms with Crippen molar-refractivity contribution >= 4 is 34.9 Å². The standard InChI is InChI=1S/C17H18N4O7/c1-3-17(2)14(24)21(15(25)18-17)19-12(22)9-27-13(23)8-20-10-6-4-5-7-11(10)28-16(20)26/h4-7H,3,8-9H2,1-2H3,(H,18,25)(H,19,22). The molecular weight excluding hydrogens is 372 g/mol. The van der Waals surface area contributed by atoms with Gasteiger partial charge in [-0.25, -0.2) is 9.59 Å². The Morgan fingerprint density at radius 3 is 2.64 bits per heavy atom. The van der Waals surface area contributed by atoms with Crippen LogP contribution in [0.4, 0.5) is 4.79 Å². The first-order valence-electron chi connectivity index (χ1n) is 8.45. The van der Waals surface area contributed by atoms with Crippen LogP contribution in [0.5, 0.6) is 0 Å². The fourth-order valence-corrected chi connectivity index (χ4v) is 2.67. The largest absolute Gasteiger partial charge is 0.454 e. The van der Waals surface area contributed by atoms with Crippen molar-refractivity contribution in [1.82, 2.24) is 20.3 Å². The van der Waals surface area contributed by atoms with Gasteiger partial charge in [0.1, 0.15) is 12.1 Å². The van der Waals surface area contributed by atoms with Gasteiger partial charge in [0.2, 0.25) is 0 Å². The highest BCUT2D eigenvalue weighted by Gasteiger charge is 2.47. The molecule has 4 amide bonds. The van der Waals surface area contributed by atoms with Crippen molar-refractivity contribution in [3.8, 4) is 0 Å². The highest BCUT2D eigenvalue weighted by atomic mass is 16.5. The second-order valence-electron chi connectivity index (χ2n) is 6.37. The number of esters is 1. The maximum Gasteiger partial charge on any atom is 0.420 e. The molecule has 2 N–H and O–H groups in total. The summed E-state index contributed by atoms with van der Waals surface area (Å²) in [5, 5.41) is 3.02. The molecule has 0 saturated carbocycles. The van der Waals surface area contributed by atoms with Gasteiger partial charge in [0.25, 0.3) is 11.8 Å². The first-order valence-corrected chi connectivity index (χ1v) is 8.45. The van der Waals surface area contributed by atoms with Gasteiger partial charge in [-0.1, -0.05) is 19.1 Å². The molecule has 1 fully saturated rings. The molecule has 1 aliphatic rings. The molecule has 1 aromatic carbocycles. The molecule has 1 aliphatic heterocycles. The fraction of sp³-hybridized carbons (Fsp3) is 0.353. The first-order chi connectivity index (χ1) is 13.2. The molecule has 11 nitrogen and oxygen atoms in total. The summed E-state index contributed by atoms with van der Waals surface area (Å²) >= 11 is 0. The van der Waals surface area contributed by atoms with E-state index < -0.39 is 48.3 Å². The van der Waals surface area contributed by atoms with E-state index in [1.807, 2.05) is 0 Å². The molecule has 3 rings (SSSR count). The summed E-state index contributed by atoms with van der Waals surface area (Å²) in [5.41, 5.74) is 1.71. The highest BCUT2D eigenvalue weighted by Crippen LogP contribution is 2.19. The van der Waals surface area contributed by atoms with Crippen LogP contribution >= 0.6 is 0 Å². The van der Waals surface area contributed by atoms with Crippen LogP contribution in [0.1, 0.15) is 20.3 Å². The second kappa shape index (κ2) is 7.18. The SMILES string of the molecule is CCC1(C)NC(=O)N(NC(=O)COC(=O)Cn2c(=O)oc3ccccc32)C1=O. The first kappa shape index (κ1) is 19.1. The molecule has 1 unspecified atom stereocenters. The number of amides is 4. The lowest BCUT2D eigenvalue weighted by Crippen LogP contribution is -2.49. The molecule has 11 heteroatoms. The Balaban J connectivity index is 1.57. The van der Waals surface area contributed by atoms with Crippen LogP contribution in [0.2, 0.25) is 0 Å². The van der Waals surface area contributed by atoms with Crippen LogP contribution < -0.4 is 16.5 Å². The molecule has 148 valence electrons. The zero-order valence-electron chi connectivity index (χ0n) is 15.2. The second-order valence-corrected chi connectivity index (χ2v) is 6.37. The Morgan fingerprint density at radius 2 is 1.96 bits per heavy atom. The van der Waals surface area contributed by atoms with E-state index in [1.54, 1.807) is 31.2 Å². The quantitative estimate of drug-likeness (QED) is 0.518. The number of nitrogens with zero attached hydrogens (tertiary/aromatic N) is 2. The summed E-state index contributed by atoms with van der Waals surface area (Å²) in [5.74, 6) is -3.09.